The Balaban J connectivity index is 2.30. The molecule has 1 aromatic rings. The summed E-state index contributed by atoms with van der Waals surface area (Å²) in [5, 5.41) is 17.9. The summed E-state index contributed by atoms with van der Waals surface area (Å²) in [6.07, 6.45) is 2.74. The average molecular weight is 206 g/mol. The summed E-state index contributed by atoms with van der Waals surface area (Å²) in [7, 11) is 0. The number of aliphatic hydroxyl groups excluding tert-OH is 1. The maximum Gasteiger partial charge on any atom is 0.335 e. The summed E-state index contributed by atoms with van der Waals surface area (Å²) in [6, 6.07) is 5.28. The predicted molar refractivity (Wildman–Crippen MR) is 56.0 cm³/mol. The van der Waals surface area contributed by atoms with E-state index < -0.39 is 5.97 Å². The van der Waals surface area contributed by atoms with Gasteiger partial charge < -0.3 is 10.2 Å². The summed E-state index contributed by atoms with van der Waals surface area (Å²) >= 11 is 0. The Bertz CT molecular complexity index is 384. The van der Waals surface area contributed by atoms with Crippen molar-refractivity contribution in [3.8, 4) is 0 Å². The van der Waals surface area contributed by atoms with Gasteiger partial charge in [-0.05, 0) is 48.4 Å². The highest BCUT2D eigenvalue weighted by Gasteiger charge is 2.18. The molecule has 3 nitrogen and oxygen atoms in total. The molecule has 0 saturated carbocycles. The van der Waals surface area contributed by atoms with Crippen LogP contribution in [0.4, 0.5) is 0 Å². The van der Waals surface area contributed by atoms with Crippen LogP contribution in [0.25, 0.3) is 0 Å². The molecule has 1 unspecified atom stereocenters. The minimum absolute atomic E-state index is 0.191. The molecule has 0 spiro atoms. The molecular weight excluding hydrogens is 192 g/mol. The first kappa shape index (κ1) is 10.2. The molecule has 3 heteroatoms. The summed E-state index contributed by atoms with van der Waals surface area (Å²) < 4.78 is 0. The van der Waals surface area contributed by atoms with Gasteiger partial charge in [-0.1, -0.05) is 6.07 Å². The molecule has 1 aromatic carbocycles. The Labute approximate surface area is 88.4 Å². The molecule has 0 aromatic heterocycles. The lowest BCUT2D eigenvalue weighted by Crippen LogP contribution is -2.18. The van der Waals surface area contributed by atoms with E-state index in [1.165, 1.54) is 5.56 Å². The maximum absolute atomic E-state index is 10.8. The van der Waals surface area contributed by atoms with Crippen LogP contribution in [-0.4, -0.2) is 22.8 Å². The van der Waals surface area contributed by atoms with Crippen molar-refractivity contribution in [3.05, 3.63) is 34.9 Å². The van der Waals surface area contributed by atoms with Gasteiger partial charge in [0.2, 0.25) is 0 Å². The fraction of sp³-hybridized carbons (Fsp3) is 0.417. The molecular formula is C12H14O3. The smallest absolute Gasteiger partial charge is 0.335 e. The maximum atomic E-state index is 10.8. The summed E-state index contributed by atoms with van der Waals surface area (Å²) in [4.78, 5) is 10.8. The number of carboxylic acid groups (broad SMARTS) is 1. The van der Waals surface area contributed by atoms with Crippen molar-refractivity contribution in [2.24, 2.45) is 5.92 Å². The van der Waals surface area contributed by atoms with Gasteiger partial charge in [-0.15, -0.1) is 0 Å². The van der Waals surface area contributed by atoms with Crippen molar-refractivity contribution >= 4 is 5.97 Å². The molecule has 0 radical (unpaired) electrons. The zero-order valence-electron chi connectivity index (χ0n) is 8.44. The number of aromatic carboxylic acids is 1. The third-order valence-electron chi connectivity index (χ3n) is 3.04. The Kier molecular flexibility index (Phi) is 2.73. The fourth-order valence-electron chi connectivity index (χ4n) is 2.12. The second kappa shape index (κ2) is 4.03. The van der Waals surface area contributed by atoms with Crippen molar-refractivity contribution < 1.29 is 15.0 Å². The van der Waals surface area contributed by atoms with Gasteiger partial charge in [0.25, 0.3) is 0 Å². The van der Waals surface area contributed by atoms with Crippen LogP contribution in [0.3, 0.4) is 0 Å². The predicted octanol–water partition coefficient (Wildman–Crippen LogP) is 1.48. The van der Waals surface area contributed by atoms with E-state index in [1.807, 2.05) is 6.07 Å². The normalized spacial score (nSPS) is 19.7. The second-order valence-electron chi connectivity index (χ2n) is 4.08. The van der Waals surface area contributed by atoms with Crippen molar-refractivity contribution in [1.29, 1.82) is 0 Å². The highest BCUT2D eigenvalue weighted by Crippen LogP contribution is 2.26. The van der Waals surface area contributed by atoms with Crippen LogP contribution in [0.1, 0.15) is 27.9 Å². The second-order valence-corrected chi connectivity index (χ2v) is 4.08. The number of hydrogen-bond donors (Lipinski definition) is 2. The van der Waals surface area contributed by atoms with E-state index in [4.69, 9.17) is 10.2 Å². The van der Waals surface area contributed by atoms with Gasteiger partial charge in [-0.3, -0.25) is 0 Å². The van der Waals surface area contributed by atoms with E-state index in [0.717, 1.165) is 24.8 Å². The molecule has 15 heavy (non-hydrogen) atoms. The summed E-state index contributed by atoms with van der Waals surface area (Å²) in [5.74, 6) is -0.592. The lowest BCUT2D eigenvalue weighted by Gasteiger charge is -2.23. The third-order valence-corrected chi connectivity index (χ3v) is 3.04. The van der Waals surface area contributed by atoms with Crippen LogP contribution >= 0.6 is 0 Å². The molecule has 1 aliphatic carbocycles. The first-order valence-electron chi connectivity index (χ1n) is 5.16. The van der Waals surface area contributed by atoms with E-state index in [0.29, 0.717) is 11.5 Å². The lowest BCUT2D eigenvalue weighted by atomic mass is 9.83. The van der Waals surface area contributed by atoms with E-state index in [9.17, 15) is 4.79 Å². The van der Waals surface area contributed by atoms with E-state index >= 15 is 0 Å². The molecule has 0 bridgehead atoms. The van der Waals surface area contributed by atoms with Crippen LogP contribution in [0.2, 0.25) is 0 Å². The van der Waals surface area contributed by atoms with E-state index in [2.05, 4.69) is 0 Å². The molecule has 2 N–H and O–H groups in total. The number of carboxylic acids is 1. The highest BCUT2D eigenvalue weighted by atomic mass is 16.4. The number of fused-ring (bicyclic) bond motifs is 1. The van der Waals surface area contributed by atoms with Gasteiger partial charge in [0.05, 0.1) is 5.56 Å². The zero-order valence-corrected chi connectivity index (χ0v) is 8.44. The molecule has 1 atom stereocenters. The number of carbonyl (C=O) groups is 1. The molecule has 0 aliphatic heterocycles. The first-order valence-corrected chi connectivity index (χ1v) is 5.16. The molecule has 0 fully saturated rings. The first-order chi connectivity index (χ1) is 7.20. The van der Waals surface area contributed by atoms with Crippen LogP contribution in [0, 0.1) is 5.92 Å². The minimum Gasteiger partial charge on any atom is -0.478 e. The molecule has 80 valence electrons. The monoisotopic (exact) mass is 206 g/mol. The average Bonchev–Trinajstić information content (AvgIpc) is 2.27. The van der Waals surface area contributed by atoms with E-state index in [1.54, 1.807) is 12.1 Å². The fourth-order valence-corrected chi connectivity index (χ4v) is 2.12. The quantitative estimate of drug-likeness (QED) is 0.770. The van der Waals surface area contributed by atoms with Gasteiger partial charge in [-0.2, -0.15) is 0 Å². The minimum atomic E-state index is -0.885. The van der Waals surface area contributed by atoms with Gasteiger partial charge >= 0.3 is 5.97 Å². The van der Waals surface area contributed by atoms with Crippen LogP contribution in [-0.2, 0) is 12.8 Å². The molecule has 0 heterocycles. The largest absolute Gasteiger partial charge is 0.478 e. The summed E-state index contributed by atoms with van der Waals surface area (Å²) in [6.45, 7) is 0.191. The van der Waals surface area contributed by atoms with Gasteiger partial charge in [0, 0.05) is 6.61 Å². The van der Waals surface area contributed by atoms with Crippen LogP contribution in [0.15, 0.2) is 18.2 Å². The van der Waals surface area contributed by atoms with Crippen molar-refractivity contribution in [1.82, 2.24) is 0 Å². The molecule has 1 aliphatic rings. The van der Waals surface area contributed by atoms with Crippen LogP contribution < -0.4 is 0 Å². The van der Waals surface area contributed by atoms with Gasteiger partial charge in [0.15, 0.2) is 0 Å². The van der Waals surface area contributed by atoms with Crippen molar-refractivity contribution in [2.75, 3.05) is 6.61 Å². The number of benzene rings is 1. The summed E-state index contributed by atoms with van der Waals surface area (Å²) in [5.41, 5.74) is 2.65. The number of hydrogen-bond acceptors (Lipinski definition) is 2. The topological polar surface area (TPSA) is 57.5 Å². The SMILES string of the molecule is O=C(O)c1ccc2c(c1)CC(CO)CC2. The molecule has 0 amide bonds. The number of aliphatic hydroxyl groups is 1. The standard InChI is InChI=1S/C12H14O3/c13-7-8-1-2-9-3-4-10(12(14)15)6-11(9)5-8/h3-4,6,8,13H,1-2,5,7H2,(H,14,15). The highest BCUT2D eigenvalue weighted by molar-refractivity contribution is 5.87. The van der Waals surface area contributed by atoms with Crippen LogP contribution in [0.5, 0.6) is 0 Å². The van der Waals surface area contributed by atoms with Gasteiger partial charge in [0.1, 0.15) is 0 Å². The third kappa shape index (κ3) is 2.02. The van der Waals surface area contributed by atoms with E-state index in [-0.39, 0.29) is 6.61 Å². The number of aryl methyl sites for hydroxylation is 1. The van der Waals surface area contributed by atoms with Crippen molar-refractivity contribution in [2.45, 2.75) is 19.3 Å². The number of rotatable bonds is 2. The van der Waals surface area contributed by atoms with Crippen molar-refractivity contribution in [3.63, 3.8) is 0 Å². The Morgan fingerprint density at radius 2 is 2.20 bits per heavy atom. The van der Waals surface area contributed by atoms with Gasteiger partial charge in [-0.25, -0.2) is 4.79 Å². The zero-order chi connectivity index (χ0) is 10.8. The molecule has 2 rings (SSSR count). The molecule has 0 saturated heterocycles. The Hall–Kier alpha value is -1.35. The Morgan fingerprint density at radius 1 is 1.40 bits per heavy atom. The Morgan fingerprint density at radius 3 is 2.87 bits per heavy atom. The lowest BCUT2D eigenvalue weighted by molar-refractivity contribution is 0.0696.